The van der Waals surface area contributed by atoms with Crippen LogP contribution in [-0.4, -0.2) is 32.5 Å². The van der Waals surface area contributed by atoms with Gasteiger partial charge in [-0.3, -0.25) is 0 Å². The number of rotatable bonds is 3. The van der Waals surface area contributed by atoms with Crippen LogP contribution in [0.4, 0.5) is 13.2 Å². The Morgan fingerprint density at radius 1 is 1.50 bits per heavy atom. The maximum atomic E-state index is 12.3. The quantitative estimate of drug-likeness (QED) is 0.770. The van der Waals surface area contributed by atoms with Gasteiger partial charge in [0.25, 0.3) is 0 Å². The van der Waals surface area contributed by atoms with Crippen LogP contribution < -0.4 is 5.32 Å². The van der Waals surface area contributed by atoms with Gasteiger partial charge >= 0.3 is 6.18 Å². The van der Waals surface area contributed by atoms with Crippen molar-refractivity contribution in [3.63, 3.8) is 0 Å². The lowest BCUT2D eigenvalue weighted by Gasteiger charge is -2.27. The number of nitrogens with one attached hydrogen (secondary N) is 1. The van der Waals surface area contributed by atoms with Crippen LogP contribution in [0.5, 0.6) is 0 Å². The third-order valence-electron chi connectivity index (χ3n) is 2.60. The summed E-state index contributed by atoms with van der Waals surface area (Å²) in [4.78, 5) is 0. The summed E-state index contributed by atoms with van der Waals surface area (Å²) in [6, 6.07) is 0. The fourth-order valence-electron chi connectivity index (χ4n) is 1.79. The lowest BCUT2D eigenvalue weighted by Crippen LogP contribution is -2.37. The molecule has 2 atom stereocenters. The third-order valence-corrected chi connectivity index (χ3v) is 2.60. The summed E-state index contributed by atoms with van der Waals surface area (Å²) < 4.78 is 41.5. The highest BCUT2D eigenvalue weighted by molar-refractivity contribution is 4.76. The molecule has 0 radical (unpaired) electrons. The normalized spacial score (nSPS) is 26.1. The van der Waals surface area contributed by atoms with E-state index in [1.165, 1.54) is 0 Å². The largest absolute Gasteiger partial charge is 0.414 e. The van der Waals surface area contributed by atoms with E-state index in [4.69, 9.17) is 0 Å². The highest BCUT2D eigenvalue weighted by Gasteiger charge is 2.41. The number of ether oxygens (including phenoxy) is 1. The van der Waals surface area contributed by atoms with Crippen molar-refractivity contribution in [2.75, 3.05) is 20.2 Å². The van der Waals surface area contributed by atoms with E-state index in [-0.39, 0.29) is 12.3 Å². The van der Waals surface area contributed by atoms with Crippen molar-refractivity contribution in [3.8, 4) is 0 Å². The molecule has 1 saturated heterocycles. The molecular weight excluding hydrogens is 195 g/mol. The standard InChI is InChI=1S/C9H16F3NO/c1-14-8(9(10,11)12)5-7-3-2-4-13-6-7/h7-8,13H,2-6H2,1H3. The zero-order valence-corrected chi connectivity index (χ0v) is 8.23. The van der Waals surface area contributed by atoms with Gasteiger partial charge in [-0.25, -0.2) is 0 Å². The number of hydrogen-bond acceptors (Lipinski definition) is 2. The molecule has 0 amide bonds. The fraction of sp³-hybridized carbons (Fsp3) is 1.00. The Kier molecular flexibility index (Phi) is 4.19. The summed E-state index contributed by atoms with van der Waals surface area (Å²) in [7, 11) is 1.12. The Morgan fingerprint density at radius 2 is 2.21 bits per heavy atom. The summed E-state index contributed by atoms with van der Waals surface area (Å²) >= 11 is 0. The van der Waals surface area contributed by atoms with Crippen LogP contribution in [0.2, 0.25) is 0 Å². The summed E-state index contributed by atoms with van der Waals surface area (Å²) in [6.45, 7) is 1.59. The lowest BCUT2D eigenvalue weighted by molar-refractivity contribution is -0.217. The molecule has 1 aliphatic rings. The summed E-state index contributed by atoms with van der Waals surface area (Å²) in [5, 5.41) is 3.09. The van der Waals surface area contributed by atoms with Crippen LogP contribution in [0.1, 0.15) is 19.3 Å². The van der Waals surface area contributed by atoms with Crippen molar-refractivity contribution in [1.29, 1.82) is 0 Å². The first-order valence-electron chi connectivity index (χ1n) is 4.84. The highest BCUT2D eigenvalue weighted by atomic mass is 19.4. The number of halogens is 3. The molecule has 0 aromatic carbocycles. The maximum Gasteiger partial charge on any atom is 0.414 e. The zero-order chi connectivity index (χ0) is 10.6. The van der Waals surface area contributed by atoms with Crippen molar-refractivity contribution in [3.05, 3.63) is 0 Å². The van der Waals surface area contributed by atoms with Gasteiger partial charge < -0.3 is 10.1 Å². The molecule has 14 heavy (non-hydrogen) atoms. The monoisotopic (exact) mass is 211 g/mol. The van der Waals surface area contributed by atoms with Crippen molar-refractivity contribution in [2.45, 2.75) is 31.5 Å². The SMILES string of the molecule is COC(CC1CCCNC1)C(F)(F)F. The summed E-state index contributed by atoms with van der Waals surface area (Å²) in [6.07, 6.45) is -3.94. The third kappa shape index (κ3) is 3.46. The minimum absolute atomic E-state index is 0.0764. The molecule has 84 valence electrons. The molecule has 5 heteroatoms. The molecule has 1 fully saturated rings. The second-order valence-electron chi connectivity index (χ2n) is 3.71. The Balaban J connectivity index is 2.39. The van der Waals surface area contributed by atoms with E-state index in [9.17, 15) is 13.2 Å². The minimum atomic E-state index is -4.23. The van der Waals surface area contributed by atoms with Gasteiger partial charge in [-0.15, -0.1) is 0 Å². The Morgan fingerprint density at radius 3 is 2.64 bits per heavy atom. The average Bonchev–Trinajstić information content (AvgIpc) is 2.14. The molecule has 1 rings (SSSR count). The van der Waals surface area contributed by atoms with Gasteiger partial charge in [-0.1, -0.05) is 0 Å². The van der Waals surface area contributed by atoms with Gasteiger partial charge in [0.15, 0.2) is 6.10 Å². The van der Waals surface area contributed by atoms with Gasteiger partial charge in [0, 0.05) is 7.11 Å². The first-order chi connectivity index (χ1) is 6.54. The van der Waals surface area contributed by atoms with E-state index in [1.54, 1.807) is 0 Å². The molecule has 1 aliphatic heterocycles. The molecule has 2 nitrogen and oxygen atoms in total. The van der Waals surface area contributed by atoms with Crippen LogP contribution in [0.15, 0.2) is 0 Å². The molecule has 1 heterocycles. The Labute approximate surface area is 81.8 Å². The topological polar surface area (TPSA) is 21.3 Å². The van der Waals surface area contributed by atoms with Crippen LogP contribution in [-0.2, 0) is 4.74 Å². The van der Waals surface area contributed by atoms with E-state index < -0.39 is 12.3 Å². The predicted octanol–water partition coefficient (Wildman–Crippen LogP) is 1.95. The molecule has 0 aliphatic carbocycles. The van der Waals surface area contributed by atoms with Crippen LogP contribution in [0.25, 0.3) is 0 Å². The van der Waals surface area contributed by atoms with Crippen molar-refractivity contribution in [2.24, 2.45) is 5.92 Å². The van der Waals surface area contributed by atoms with E-state index >= 15 is 0 Å². The Hall–Kier alpha value is -0.290. The van der Waals surface area contributed by atoms with Gasteiger partial charge in [0.1, 0.15) is 0 Å². The van der Waals surface area contributed by atoms with Gasteiger partial charge in [-0.2, -0.15) is 13.2 Å². The summed E-state index contributed by atoms with van der Waals surface area (Å²) in [5.41, 5.74) is 0. The average molecular weight is 211 g/mol. The second kappa shape index (κ2) is 4.98. The number of hydrogen-bond donors (Lipinski definition) is 1. The molecule has 1 N–H and O–H groups in total. The number of methoxy groups -OCH3 is 1. The van der Waals surface area contributed by atoms with Gasteiger partial charge in [-0.05, 0) is 38.3 Å². The van der Waals surface area contributed by atoms with E-state index in [0.717, 1.165) is 26.5 Å². The van der Waals surface area contributed by atoms with Crippen LogP contribution in [0, 0.1) is 5.92 Å². The Bertz CT molecular complexity index is 166. The van der Waals surface area contributed by atoms with Crippen molar-refractivity contribution >= 4 is 0 Å². The van der Waals surface area contributed by atoms with E-state index in [0.29, 0.717) is 6.54 Å². The second-order valence-corrected chi connectivity index (χ2v) is 3.71. The van der Waals surface area contributed by atoms with Crippen LogP contribution >= 0.6 is 0 Å². The first kappa shape index (κ1) is 11.8. The molecule has 2 unspecified atom stereocenters. The van der Waals surface area contributed by atoms with Gasteiger partial charge in [0.2, 0.25) is 0 Å². The van der Waals surface area contributed by atoms with Crippen molar-refractivity contribution < 1.29 is 17.9 Å². The molecule has 0 spiro atoms. The molecule has 0 saturated carbocycles. The summed E-state index contributed by atoms with van der Waals surface area (Å²) in [5.74, 6) is 0.0929. The zero-order valence-electron chi connectivity index (χ0n) is 8.23. The molecule has 0 aromatic rings. The molecular formula is C9H16F3NO. The minimum Gasteiger partial charge on any atom is -0.372 e. The fourth-order valence-corrected chi connectivity index (χ4v) is 1.79. The molecule has 0 aromatic heterocycles. The first-order valence-corrected chi connectivity index (χ1v) is 4.84. The van der Waals surface area contributed by atoms with E-state index in [2.05, 4.69) is 10.1 Å². The van der Waals surface area contributed by atoms with Gasteiger partial charge in [0.05, 0.1) is 0 Å². The number of piperidine rings is 1. The smallest absolute Gasteiger partial charge is 0.372 e. The number of alkyl halides is 3. The van der Waals surface area contributed by atoms with Crippen molar-refractivity contribution in [1.82, 2.24) is 5.32 Å². The van der Waals surface area contributed by atoms with E-state index in [1.807, 2.05) is 0 Å². The van der Waals surface area contributed by atoms with Crippen LogP contribution in [0.3, 0.4) is 0 Å². The lowest BCUT2D eigenvalue weighted by atomic mass is 9.93. The predicted molar refractivity (Wildman–Crippen MR) is 47.1 cm³/mol. The highest BCUT2D eigenvalue weighted by Crippen LogP contribution is 2.29. The molecule has 0 bridgehead atoms. The maximum absolute atomic E-state index is 12.3.